The zero-order valence-electron chi connectivity index (χ0n) is 13.2. The second-order valence-electron chi connectivity index (χ2n) is 5.29. The molecule has 3 rings (SSSR count). The van der Waals surface area contributed by atoms with Gasteiger partial charge in [-0.15, -0.1) is 0 Å². The van der Waals surface area contributed by atoms with Gasteiger partial charge in [-0.2, -0.15) is 0 Å². The van der Waals surface area contributed by atoms with Crippen molar-refractivity contribution in [1.82, 2.24) is 14.9 Å². The van der Waals surface area contributed by atoms with Crippen molar-refractivity contribution in [2.45, 2.75) is 13.5 Å². The summed E-state index contributed by atoms with van der Waals surface area (Å²) in [4.78, 5) is 4.29. The number of benzene rings is 2. The first-order valence-electron chi connectivity index (χ1n) is 7.52. The van der Waals surface area contributed by atoms with Crippen molar-refractivity contribution in [2.75, 3.05) is 5.32 Å². The lowest BCUT2D eigenvalue weighted by atomic mass is 10.1. The van der Waals surface area contributed by atoms with Crippen LogP contribution in [0.4, 0.5) is 5.69 Å². The molecule has 0 spiro atoms. The Kier molecular flexibility index (Phi) is 5.13. The molecule has 0 aliphatic carbocycles. The monoisotopic (exact) mass is 356 g/mol. The van der Waals surface area contributed by atoms with Crippen LogP contribution in [0.25, 0.3) is 5.69 Å². The average Bonchev–Trinajstić information content (AvgIpc) is 2.99. The molecule has 0 aliphatic rings. The summed E-state index contributed by atoms with van der Waals surface area (Å²) in [6.45, 7) is 2.59. The summed E-state index contributed by atoms with van der Waals surface area (Å²) in [5.74, 6) is 0.946. The van der Waals surface area contributed by atoms with Crippen LogP contribution in [-0.2, 0) is 6.54 Å². The number of nitrogens with one attached hydrogen (secondary N) is 2. The van der Waals surface area contributed by atoms with Crippen LogP contribution in [0.2, 0.25) is 5.02 Å². The van der Waals surface area contributed by atoms with Gasteiger partial charge in [0.1, 0.15) is 5.82 Å². The molecule has 2 N–H and O–H groups in total. The molecule has 3 aromatic rings. The molecule has 0 radical (unpaired) electrons. The van der Waals surface area contributed by atoms with Gasteiger partial charge in [-0.3, -0.25) is 0 Å². The Bertz CT molecular complexity index is 859. The lowest BCUT2D eigenvalue weighted by Gasteiger charge is -2.14. The van der Waals surface area contributed by atoms with Gasteiger partial charge in [0.2, 0.25) is 0 Å². The summed E-state index contributed by atoms with van der Waals surface area (Å²) < 4.78 is 2.06. The third-order valence-electron chi connectivity index (χ3n) is 3.60. The Morgan fingerprint density at radius 1 is 1.21 bits per heavy atom. The van der Waals surface area contributed by atoms with E-state index in [1.807, 2.05) is 49.5 Å². The lowest BCUT2D eigenvalue weighted by Crippen LogP contribution is -2.28. The maximum atomic E-state index is 5.98. The summed E-state index contributed by atoms with van der Waals surface area (Å²) in [5.41, 5.74) is 3.08. The summed E-state index contributed by atoms with van der Waals surface area (Å²) in [5, 5.41) is 7.59. The third-order valence-corrected chi connectivity index (χ3v) is 4.08. The van der Waals surface area contributed by atoms with Crippen LogP contribution in [0, 0.1) is 6.92 Å². The fraction of sp³-hybridized carbons (Fsp3) is 0.111. The van der Waals surface area contributed by atoms with Crippen molar-refractivity contribution in [2.24, 2.45) is 0 Å². The highest BCUT2D eigenvalue weighted by Gasteiger charge is 2.07. The first-order chi connectivity index (χ1) is 11.6. The van der Waals surface area contributed by atoms with Gasteiger partial charge in [-0.1, -0.05) is 35.9 Å². The zero-order chi connectivity index (χ0) is 16.9. The van der Waals surface area contributed by atoms with Gasteiger partial charge < -0.3 is 15.2 Å². The van der Waals surface area contributed by atoms with Gasteiger partial charge in [-0.25, -0.2) is 4.98 Å². The number of anilines is 1. The maximum absolute atomic E-state index is 5.98. The van der Waals surface area contributed by atoms with Crippen LogP contribution in [0.15, 0.2) is 60.9 Å². The predicted molar refractivity (Wildman–Crippen MR) is 103 cm³/mol. The largest absolute Gasteiger partial charge is 0.358 e. The number of halogens is 1. The summed E-state index contributed by atoms with van der Waals surface area (Å²) in [6.07, 6.45) is 3.75. The highest BCUT2D eigenvalue weighted by atomic mass is 35.5. The molecule has 1 heterocycles. The van der Waals surface area contributed by atoms with E-state index in [4.69, 9.17) is 23.8 Å². The molecule has 0 saturated carbocycles. The van der Waals surface area contributed by atoms with Gasteiger partial charge in [0, 0.05) is 29.6 Å². The molecular formula is C18H17ClN4S. The molecule has 0 amide bonds. The quantitative estimate of drug-likeness (QED) is 0.683. The van der Waals surface area contributed by atoms with Crippen LogP contribution in [0.1, 0.15) is 11.4 Å². The van der Waals surface area contributed by atoms with E-state index < -0.39 is 0 Å². The number of aromatic nitrogens is 2. The molecule has 0 unspecified atom stereocenters. The molecule has 0 aliphatic heterocycles. The maximum Gasteiger partial charge on any atom is 0.171 e. The SMILES string of the molecule is Cc1nccn1-c1ccccc1CNC(=S)Nc1cccc(Cl)c1. The van der Waals surface area contributed by atoms with E-state index >= 15 is 0 Å². The van der Waals surface area contributed by atoms with E-state index in [0.717, 1.165) is 22.8 Å². The van der Waals surface area contributed by atoms with Crippen LogP contribution in [-0.4, -0.2) is 14.7 Å². The van der Waals surface area contributed by atoms with Crippen molar-refractivity contribution >= 4 is 34.6 Å². The number of aryl methyl sites for hydroxylation is 1. The molecular weight excluding hydrogens is 340 g/mol. The molecule has 0 atom stereocenters. The number of para-hydroxylation sites is 1. The summed E-state index contributed by atoms with van der Waals surface area (Å²) >= 11 is 11.3. The van der Waals surface area contributed by atoms with Crippen molar-refractivity contribution in [3.63, 3.8) is 0 Å². The number of thiocarbonyl (C=S) groups is 1. The van der Waals surface area contributed by atoms with Crippen LogP contribution in [0.5, 0.6) is 0 Å². The second-order valence-corrected chi connectivity index (χ2v) is 6.14. The molecule has 0 bridgehead atoms. The average molecular weight is 357 g/mol. The van der Waals surface area contributed by atoms with E-state index in [0.29, 0.717) is 16.7 Å². The van der Waals surface area contributed by atoms with Gasteiger partial charge in [0.25, 0.3) is 0 Å². The standard InChI is InChI=1S/C18H17ClN4S/c1-13-20-9-10-23(13)17-8-3-2-5-14(17)12-21-18(24)22-16-7-4-6-15(19)11-16/h2-11H,12H2,1H3,(H2,21,22,24). The van der Waals surface area contributed by atoms with Gasteiger partial charge in [-0.05, 0) is 49.0 Å². The van der Waals surface area contributed by atoms with E-state index in [9.17, 15) is 0 Å². The van der Waals surface area contributed by atoms with Crippen molar-refractivity contribution in [3.05, 3.63) is 77.3 Å². The first-order valence-corrected chi connectivity index (χ1v) is 8.31. The van der Waals surface area contributed by atoms with Crippen LogP contribution in [0.3, 0.4) is 0 Å². The number of rotatable bonds is 4. The Labute approximate surface area is 151 Å². The minimum Gasteiger partial charge on any atom is -0.358 e. The normalized spacial score (nSPS) is 10.4. The minimum atomic E-state index is 0.550. The molecule has 6 heteroatoms. The number of hydrogen-bond donors (Lipinski definition) is 2. The van der Waals surface area contributed by atoms with Crippen LogP contribution >= 0.6 is 23.8 Å². The van der Waals surface area contributed by atoms with E-state index in [1.165, 1.54) is 0 Å². The lowest BCUT2D eigenvalue weighted by molar-refractivity contribution is 0.885. The van der Waals surface area contributed by atoms with E-state index in [2.05, 4.69) is 32.3 Å². The van der Waals surface area contributed by atoms with Gasteiger partial charge in [0.05, 0.1) is 5.69 Å². The highest BCUT2D eigenvalue weighted by molar-refractivity contribution is 7.80. The zero-order valence-corrected chi connectivity index (χ0v) is 14.7. The fourth-order valence-corrected chi connectivity index (χ4v) is 2.83. The molecule has 2 aromatic carbocycles. The first kappa shape index (κ1) is 16.5. The second kappa shape index (κ2) is 7.47. The predicted octanol–water partition coefficient (Wildman–Crippen LogP) is 4.32. The van der Waals surface area contributed by atoms with Crippen molar-refractivity contribution < 1.29 is 0 Å². The number of nitrogens with zero attached hydrogens (tertiary/aromatic N) is 2. The summed E-state index contributed by atoms with van der Waals surface area (Å²) in [7, 11) is 0. The van der Waals surface area contributed by atoms with Gasteiger partial charge in [0.15, 0.2) is 5.11 Å². The minimum absolute atomic E-state index is 0.550. The highest BCUT2D eigenvalue weighted by Crippen LogP contribution is 2.17. The number of imidazole rings is 1. The Morgan fingerprint density at radius 3 is 2.79 bits per heavy atom. The topological polar surface area (TPSA) is 41.9 Å². The molecule has 0 saturated heterocycles. The van der Waals surface area contributed by atoms with Crippen molar-refractivity contribution in [3.8, 4) is 5.69 Å². The van der Waals surface area contributed by atoms with Crippen LogP contribution < -0.4 is 10.6 Å². The Morgan fingerprint density at radius 2 is 2.04 bits per heavy atom. The Balaban J connectivity index is 1.69. The molecule has 4 nitrogen and oxygen atoms in total. The van der Waals surface area contributed by atoms with E-state index in [1.54, 1.807) is 6.20 Å². The number of hydrogen-bond acceptors (Lipinski definition) is 2. The third kappa shape index (κ3) is 3.93. The van der Waals surface area contributed by atoms with E-state index in [-0.39, 0.29) is 0 Å². The molecule has 0 fully saturated rings. The fourth-order valence-electron chi connectivity index (χ4n) is 2.44. The Hall–Kier alpha value is -2.37. The summed E-state index contributed by atoms with van der Waals surface area (Å²) in [6, 6.07) is 15.6. The molecule has 122 valence electrons. The van der Waals surface area contributed by atoms with Gasteiger partial charge >= 0.3 is 0 Å². The molecule has 1 aromatic heterocycles. The van der Waals surface area contributed by atoms with Crippen molar-refractivity contribution in [1.29, 1.82) is 0 Å². The molecule has 24 heavy (non-hydrogen) atoms. The smallest absolute Gasteiger partial charge is 0.171 e.